The molecule has 198 valence electrons. The number of hydrogen-bond donors (Lipinski definition) is 1. The highest BCUT2D eigenvalue weighted by atomic mass is 32.2. The number of nitrogens with zero attached hydrogens (tertiary/aromatic N) is 2. The number of hydrogen-bond acceptors (Lipinski definition) is 4. The van der Waals surface area contributed by atoms with Crippen LogP contribution in [0.25, 0.3) is 0 Å². The van der Waals surface area contributed by atoms with Crippen LogP contribution >= 0.6 is 0 Å². The molecule has 2 atom stereocenters. The molecule has 0 heterocycles. The van der Waals surface area contributed by atoms with E-state index in [-0.39, 0.29) is 23.9 Å². The van der Waals surface area contributed by atoms with Gasteiger partial charge in [0.05, 0.1) is 11.9 Å². The van der Waals surface area contributed by atoms with Crippen molar-refractivity contribution in [2.45, 2.75) is 78.9 Å². The van der Waals surface area contributed by atoms with E-state index in [1.54, 1.807) is 19.1 Å². The number of amides is 2. The molecule has 0 aliphatic heterocycles. The number of nitrogens with one attached hydrogen (secondary N) is 1. The van der Waals surface area contributed by atoms with Crippen molar-refractivity contribution in [3.63, 3.8) is 0 Å². The lowest BCUT2D eigenvalue weighted by Crippen LogP contribution is -2.52. The zero-order valence-corrected chi connectivity index (χ0v) is 23.6. The fourth-order valence-electron chi connectivity index (χ4n) is 3.76. The van der Waals surface area contributed by atoms with Gasteiger partial charge in [-0.2, -0.15) is 0 Å². The van der Waals surface area contributed by atoms with Crippen LogP contribution in [0.2, 0.25) is 0 Å². The zero-order chi connectivity index (χ0) is 27.3. The van der Waals surface area contributed by atoms with Crippen molar-refractivity contribution in [3.05, 3.63) is 65.2 Å². The molecular formula is C28H41N3O4S. The fourth-order valence-corrected chi connectivity index (χ4v) is 4.61. The van der Waals surface area contributed by atoms with E-state index >= 15 is 0 Å². The predicted octanol–water partition coefficient (Wildman–Crippen LogP) is 4.39. The number of sulfonamides is 1. The van der Waals surface area contributed by atoms with Gasteiger partial charge < -0.3 is 10.2 Å². The van der Waals surface area contributed by atoms with Gasteiger partial charge in [-0.25, -0.2) is 8.42 Å². The van der Waals surface area contributed by atoms with E-state index in [9.17, 15) is 18.0 Å². The predicted molar refractivity (Wildman–Crippen MR) is 146 cm³/mol. The number of aryl methyl sites for hydroxylation is 1. The van der Waals surface area contributed by atoms with Crippen LogP contribution in [0.4, 0.5) is 5.69 Å². The van der Waals surface area contributed by atoms with E-state index in [0.29, 0.717) is 5.69 Å². The summed E-state index contributed by atoms with van der Waals surface area (Å²) in [6.07, 6.45) is 1.85. The molecule has 0 aliphatic rings. The van der Waals surface area contributed by atoms with Gasteiger partial charge in [0.15, 0.2) is 0 Å². The molecule has 7 nitrogen and oxygen atoms in total. The summed E-state index contributed by atoms with van der Waals surface area (Å²) < 4.78 is 26.6. The minimum atomic E-state index is -3.76. The minimum Gasteiger partial charge on any atom is -0.352 e. The number of benzene rings is 2. The Morgan fingerprint density at radius 3 is 2.08 bits per heavy atom. The first-order valence-corrected chi connectivity index (χ1v) is 14.2. The van der Waals surface area contributed by atoms with Crippen molar-refractivity contribution in [1.82, 2.24) is 10.2 Å². The van der Waals surface area contributed by atoms with E-state index in [1.807, 2.05) is 57.2 Å². The average molecular weight is 516 g/mol. The Balaban J connectivity index is 2.41. The van der Waals surface area contributed by atoms with Gasteiger partial charge in [-0.3, -0.25) is 13.9 Å². The van der Waals surface area contributed by atoms with Crippen LogP contribution in [0.1, 0.15) is 64.7 Å². The highest BCUT2D eigenvalue weighted by Crippen LogP contribution is 2.26. The van der Waals surface area contributed by atoms with Gasteiger partial charge in [-0.1, -0.05) is 64.1 Å². The van der Waals surface area contributed by atoms with E-state index in [1.165, 1.54) is 4.90 Å². The molecule has 0 radical (unpaired) electrons. The fraction of sp³-hybridized carbons (Fsp3) is 0.500. The van der Waals surface area contributed by atoms with Crippen LogP contribution in [-0.4, -0.2) is 50.0 Å². The molecule has 0 saturated carbocycles. The Hall–Kier alpha value is -2.87. The Bertz CT molecular complexity index is 1150. The summed E-state index contributed by atoms with van der Waals surface area (Å²) in [6.45, 7) is 13.5. The summed E-state index contributed by atoms with van der Waals surface area (Å²) >= 11 is 0. The maximum Gasteiger partial charge on any atom is 0.244 e. The van der Waals surface area contributed by atoms with Crippen LogP contribution in [0.5, 0.6) is 0 Å². The van der Waals surface area contributed by atoms with Crippen molar-refractivity contribution < 1.29 is 18.0 Å². The minimum absolute atomic E-state index is 0.0378. The monoisotopic (exact) mass is 515 g/mol. The molecule has 2 aromatic rings. The van der Waals surface area contributed by atoms with Gasteiger partial charge in [0.1, 0.15) is 12.6 Å². The Kier molecular flexibility index (Phi) is 9.71. The zero-order valence-electron chi connectivity index (χ0n) is 22.8. The van der Waals surface area contributed by atoms with Gasteiger partial charge in [0, 0.05) is 12.6 Å². The molecule has 1 N–H and O–H groups in total. The Labute approximate surface area is 216 Å². The lowest BCUT2D eigenvalue weighted by atomic mass is 9.87. The first kappa shape index (κ1) is 29.4. The van der Waals surface area contributed by atoms with Gasteiger partial charge in [-0.15, -0.1) is 0 Å². The standard InChI is InChI=1S/C28H41N3O4S/c1-9-21(3)29-27(33)22(4)30(18-23-13-11-10-12-20(23)2)26(32)19-31(36(8,34)35)25-16-14-24(15-17-25)28(5,6)7/h10-17,21-22H,9,18-19H2,1-8H3,(H,29,33)/t21-,22+/m1/s1. The molecule has 8 heteroatoms. The second-order valence-electron chi connectivity index (χ2n) is 10.5. The summed E-state index contributed by atoms with van der Waals surface area (Å²) in [4.78, 5) is 28.1. The molecule has 36 heavy (non-hydrogen) atoms. The van der Waals surface area contributed by atoms with E-state index in [4.69, 9.17) is 0 Å². The molecule has 0 bridgehead atoms. The van der Waals surface area contributed by atoms with Gasteiger partial charge in [0.2, 0.25) is 21.8 Å². The first-order valence-electron chi connectivity index (χ1n) is 12.4. The van der Waals surface area contributed by atoms with Crippen LogP contribution in [0, 0.1) is 6.92 Å². The van der Waals surface area contributed by atoms with Crippen LogP contribution in [0.15, 0.2) is 48.5 Å². The van der Waals surface area contributed by atoms with Gasteiger partial charge >= 0.3 is 0 Å². The molecule has 2 rings (SSSR count). The van der Waals surface area contributed by atoms with Crippen LogP contribution in [0.3, 0.4) is 0 Å². The highest BCUT2D eigenvalue weighted by Gasteiger charge is 2.30. The summed E-state index contributed by atoms with van der Waals surface area (Å²) in [5.41, 5.74) is 3.26. The summed E-state index contributed by atoms with van der Waals surface area (Å²) in [5.74, 6) is -0.720. The van der Waals surface area contributed by atoms with Crippen molar-refractivity contribution >= 4 is 27.5 Å². The summed E-state index contributed by atoms with van der Waals surface area (Å²) in [6, 6.07) is 14.0. The second-order valence-corrected chi connectivity index (χ2v) is 12.4. The normalized spacial score (nSPS) is 13.6. The second kappa shape index (κ2) is 11.9. The molecule has 0 spiro atoms. The lowest BCUT2D eigenvalue weighted by Gasteiger charge is -2.32. The Morgan fingerprint density at radius 1 is 1.00 bits per heavy atom. The van der Waals surface area contributed by atoms with Crippen LogP contribution in [-0.2, 0) is 31.6 Å². The quantitative estimate of drug-likeness (QED) is 0.508. The molecule has 0 fully saturated rings. The topological polar surface area (TPSA) is 86.8 Å². The maximum absolute atomic E-state index is 13.7. The molecule has 2 amide bonds. The summed E-state index contributed by atoms with van der Waals surface area (Å²) in [7, 11) is -3.76. The average Bonchev–Trinajstić information content (AvgIpc) is 2.80. The van der Waals surface area contributed by atoms with Gasteiger partial charge in [-0.05, 0) is 61.4 Å². The van der Waals surface area contributed by atoms with E-state index < -0.39 is 28.5 Å². The molecule has 0 aliphatic carbocycles. The first-order chi connectivity index (χ1) is 16.6. The van der Waals surface area contributed by atoms with E-state index in [0.717, 1.165) is 33.7 Å². The summed E-state index contributed by atoms with van der Waals surface area (Å²) in [5, 5.41) is 2.94. The maximum atomic E-state index is 13.7. The number of rotatable bonds is 10. The third kappa shape index (κ3) is 7.82. The Morgan fingerprint density at radius 2 is 1.58 bits per heavy atom. The van der Waals surface area contributed by atoms with Crippen molar-refractivity contribution in [3.8, 4) is 0 Å². The molecule has 0 unspecified atom stereocenters. The number of carbonyl (C=O) groups excluding carboxylic acids is 2. The highest BCUT2D eigenvalue weighted by molar-refractivity contribution is 7.92. The largest absolute Gasteiger partial charge is 0.352 e. The number of carbonyl (C=O) groups is 2. The smallest absolute Gasteiger partial charge is 0.244 e. The molecule has 0 aromatic heterocycles. The number of anilines is 1. The molecule has 0 saturated heterocycles. The van der Waals surface area contributed by atoms with Gasteiger partial charge in [0.25, 0.3) is 0 Å². The third-order valence-corrected chi connectivity index (χ3v) is 7.61. The van der Waals surface area contributed by atoms with Crippen LogP contribution < -0.4 is 9.62 Å². The van der Waals surface area contributed by atoms with E-state index in [2.05, 4.69) is 26.1 Å². The third-order valence-electron chi connectivity index (χ3n) is 6.47. The molecular weight excluding hydrogens is 474 g/mol. The molecule has 2 aromatic carbocycles. The SMILES string of the molecule is CC[C@@H](C)NC(=O)[C@H](C)N(Cc1ccccc1C)C(=O)CN(c1ccc(C(C)(C)C)cc1)S(C)(=O)=O. The van der Waals surface area contributed by atoms with Crippen molar-refractivity contribution in [2.24, 2.45) is 0 Å². The van der Waals surface area contributed by atoms with Crippen molar-refractivity contribution in [1.29, 1.82) is 0 Å². The van der Waals surface area contributed by atoms with Crippen molar-refractivity contribution in [2.75, 3.05) is 17.1 Å². The lowest BCUT2D eigenvalue weighted by molar-refractivity contribution is -0.139.